The number of allylic oxidation sites excluding steroid dienone is 1. The Morgan fingerprint density at radius 3 is 2.74 bits per heavy atom. The van der Waals surface area contributed by atoms with Gasteiger partial charge < -0.3 is 5.32 Å². The number of amides is 1. The van der Waals surface area contributed by atoms with Crippen LogP contribution in [0, 0.1) is 0 Å². The van der Waals surface area contributed by atoms with Crippen molar-refractivity contribution in [3.8, 4) is 11.4 Å². The van der Waals surface area contributed by atoms with E-state index in [1.807, 2.05) is 47.0 Å². The molecule has 0 aliphatic heterocycles. The summed E-state index contributed by atoms with van der Waals surface area (Å²) in [6.07, 6.45) is 1.77. The molecule has 0 saturated carbocycles. The van der Waals surface area contributed by atoms with Gasteiger partial charge in [0, 0.05) is 27.3 Å². The van der Waals surface area contributed by atoms with Gasteiger partial charge in [0.25, 0.3) is 0 Å². The van der Waals surface area contributed by atoms with Crippen LogP contribution in [-0.4, -0.2) is 26.4 Å². The van der Waals surface area contributed by atoms with Crippen molar-refractivity contribution in [1.82, 2.24) is 14.8 Å². The maximum Gasteiger partial charge on any atom is 0.234 e. The molecule has 8 heteroatoms. The van der Waals surface area contributed by atoms with Crippen LogP contribution in [0.3, 0.4) is 0 Å². The van der Waals surface area contributed by atoms with E-state index < -0.39 is 0 Å². The summed E-state index contributed by atoms with van der Waals surface area (Å²) in [6, 6.07) is 14.9. The van der Waals surface area contributed by atoms with Gasteiger partial charge in [0.15, 0.2) is 11.0 Å². The van der Waals surface area contributed by atoms with Gasteiger partial charge in [-0.2, -0.15) is 0 Å². The van der Waals surface area contributed by atoms with Crippen molar-refractivity contribution in [1.29, 1.82) is 0 Å². The standard InChI is InChI=1S/C19H16BrClN4OS/c1-2-10-25-18(13-4-3-5-15(21)11-13)23-24-19(25)27-12-17(26)22-16-8-6-14(20)7-9-16/h2-9,11H,1,10,12H2,(H,22,26). The van der Waals surface area contributed by atoms with Gasteiger partial charge in [-0.15, -0.1) is 16.8 Å². The molecule has 5 nitrogen and oxygen atoms in total. The Bertz CT molecular complexity index is 959. The van der Waals surface area contributed by atoms with Crippen LogP contribution in [0.1, 0.15) is 0 Å². The van der Waals surface area contributed by atoms with Gasteiger partial charge in [-0.05, 0) is 36.4 Å². The Balaban J connectivity index is 1.72. The van der Waals surface area contributed by atoms with Gasteiger partial charge in [-0.1, -0.05) is 57.5 Å². The molecule has 0 radical (unpaired) electrons. The third kappa shape index (κ3) is 5.22. The smallest absolute Gasteiger partial charge is 0.234 e. The fourth-order valence-corrected chi connectivity index (χ4v) is 3.59. The monoisotopic (exact) mass is 462 g/mol. The molecule has 0 spiro atoms. The Morgan fingerprint density at radius 1 is 1.26 bits per heavy atom. The number of nitrogens with zero attached hydrogens (tertiary/aromatic N) is 3. The molecule has 0 unspecified atom stereocenters. The van der Waals surface area contributed by atoms with Crippen molar-refractivity contribution < 1.29 is 4.79 Å². The minimum atomic E-state index is -0.111. The summed E-state index contributed by atoms with van der Waals surface area (Å²) in [4.78, 5) is 12.2. The second-order valence-corrected chi connectivity index (χ2v) is 7.85. The molecule has 0 saturated heterocycles. The van der Waals surface area contributed by atoms with Crippen LogP contribution in [0.25, 0.3) is 11.4 Å². The van der Waals surface area contributed by atoms with Crippen molar-refractivity contribution in [3.05, 3.63) is 70.7 Å². The summed E-state index contributed by atoms with van der Waals surface area (Å²) in [5, 5.41) is 12.6. The highest BCUT2D eigenvalue weighted by molar-refractivity contribution is 9.10. The molecule has 2 aromatic carbocycles. The van der Waals surface area contributed by atoms with E-state index in [2.05, 4.69) is 38.0 Å². The lowest BCUT2D eigenvalue weighted by molar-refractivity contribution is -0.113. The Morgan fingerprint density at radius 2 is 2.04 bits per heavy atom. The first-order valence-electron chi connectivity index (χ1n) is 8.05. The summed E-state index contributed by atoms with van der Waals surface area (Å²) >= 11 is 10.8. The van der Waals surface area contributed by atoms with E-state index in [0.29, 0.717) is 22.5 Å². The number of anilines is 1. The molecule has 3 aromatic rings. The molecule has 0 fully saturated rings. The minimum Gasteiger partial charge on any atom is -0.325 e. The number of carbonyl (C=O) groups excluding carboxylic acids is 1. The summed E-state index contributed by atoms with van der Waals surface area (Å²) in [5.74, 6) is 0.800. The first-order chi connectivity index (χ1) is 13.1. The van der Waals surface area contributed by atoms with Gasteiger partial charge in [0.1, 0.15) is 0 Å². The van der Waals surface area contributed by atoms with Crippen molar-refractivity contribution in [2.24, 2.45) is 0 Å². The van der Waals surface area contributed by atoms with Crippen LogP contribution < -0.4 is 5.32 Å². The predicted octanol–water partition coefficient (Wildman–Crippen LogP) is 5.28. The van der Waals surface area contributed by atoms with E-state index in [1.165, 1.54) is 11.8 Å². The fraction of sp³-hybridized carbons (Fsp3) is 0.105. The minimum absolute atomic E-state index is 0.111. The number of thioether (sulfide) groups is 1. The van der Waals surface area contributed by atoms with E-state index in [9.17, 15) is 4.79 Å². The predicted molar refractivity (Wildman–Crippen MR) is 114 cm³/mol. The highest BCUT2D eigenvalue weighted by Crippen LogP contribution is 2.26. The molecule has 1 N–H and O–H groups in total. The zero-order chi connectivity index (χ0) is 19.2. The van der Waals surface area contributed by atoms with Gasteiger partial charge >= 0.3 is 0 Å². The summed E-state index contributed by atoms with van der Waals surface area (Å²) in [5.41, 5.74) is 1.61. The molecule has 138 valence electrons. The topological polar surface area (TPSA) is 59.8 Å². The number of rotatable bonds is 7. The van der Waals surface area contributed by atoms with E-state index >= 15 is 0 Å². The SMILES string of the molecule is C=CCn1c(SCC(=O)Nc2ccc(Br)cc2)nnc1-c1cccc(Cl)c1. The third-order valence-corrected chi connectivity index (χ3v) is 5.30. The third-order valence-electron chi connectivity index (χ3n) is 3.57. The molecule has 1 aromatic heterocycles. The number of halogens is 2. The number of benzene rings is 2. The fourth-order valence-electron chi connectivity index (χ4n) is 2.39. The van der Waals surface area contributed by atoms with Gasteiger partial charge in [-0.25, -0.2) is 0 Å². The number of nitrogens with one attached hydrogen (secondary N) is 1. The lowest BCUT2D eigenvalue weighted by Crippen LogP contribution is -2.14. The number of hydrogen-bond donors (Lipinski definition) is 1. The maximum absolute atomic E-state index is 12.2. The number of hydrogen-bond acceptors (Lipinski definition) is 4. The molecule has 1 amide bonds. The molecule has 0 atom stereocenters. The van der Waals surface area contributed by atoms with Crippen LogP contribution >= 0.6 is 39.3 Å². The largest absolute Gasteiger partial charge is 0.325 e. The zero-order valence-electron chi connectivity index (χ0n) is 14.2. The van der Waals surface area contributed by atoms with E-state index in [1.54, 1.807) is 12.1 Å². The average Bonchev–Trinajstić information content (AvgIpc) is 3.05. The molecular weight excluding hydrogens is 448 g/mol. The van der Waals surface area contributed by atoms with Crippen LogP contribution in [0.5, 0.6) is 0 Å². The van der Waals surface area contributed by atoms with Crippen LogP contribution in [0.2, 0.25) is 5.02 Å². The molecular formula is C19H16BrClN4OS. The summed E-state index contributed by atoms with van der Waals surface area (Å²) in [7, 11) is 0. The lowest BCUT2D eigenvalue weighted by atomic mass is 10.2. The van der Waals surface area contributed by atoms with Crippen molar-refractivity contribution in [2.45, 2.75) is 11.7 Å². The van der Waals surface area contributed by atoms with Crippen molar-refractivity contribution in [3.63, 3.8) is 0 Å². The molecule has 3 rings (SSSR count). The quantitative estimate of drug-likeness (QED) is 0.383. The first-order valence-corrected chi connectivity index (χ1v) is 10.2. The molecule has 0 bridgehead atoms. The highest BCUT2D eigenvalue weighted by atomic mass is 79.9. The Labute approximate surface area is 175 Å². The van der Waals surface area contributed by atoms with E-state index in [0.717, 1.165) is 15.7 Å². The maximum atomic E-state index is 12.2. The van der Waals surface area contributed by atoms with E-state index in [-0.39, 0.29) is 11.7 Å². The second-order valence-electron chi connectivity index (χ2n) is 5.56. The van der Waals surface area contributed by atoms with Crippen molar-refractivity contribution in [2.75, 3.05) is 11.1 Å². The Kier molecular flexibility index (Phi) is 6.71. The number of aromatic nitrogens is 3. The first kappa shape index (κ1) is 19.7. The number of carbonyl (C=O) groups is 1. The van der Waals surface area contributed by atoms with Gasteiger partial charge in [0.2, 0.25) is 5.91 Å². The molecule has 27 heavy (non-hydrogen) atoms. The summed E-state index contributed by atoms with van der Waals surface area (Å²) < 4.78 is 2.87. The van der Waals surface area contributed by atoms with Gasteiger partial charge in [0.05, 0.1) is 5.75 Å². The normalized spacial score (nSPS) is 10.6. The molecule has 0 aliphatic rings. The summed E-state index contributed by atoms with van der Waals surface area (Å²) in [6.45, 7) is 4.33. The van der Waals surface area contributed by atoms with Crippen LogP contribution in [-0.2, 0) is 11.3 Å². The molecule has 0 aliphatic carbocycles. The zero-order valence-corrected chi connectivity index (χ0v) is 17.4. The second kappa shape index (κ2) is 9.21. The van der Waals surface area contributed by atoms with Crippen LogP contribution in [0.4, 0.5) is 5.69 Å². The van der Waals surface area contributed by atoms with Crippen LogP contribution in [0.15, 0.2) is 70.8 Å². The average molecular weight is 464 g/mol. The van der Waals surface area contributed by atoms with Crippen molar-refractivity contribution >= 4 is 50.9 Å². The van der Waals surface area contributed by atoms with Gasteiger partial charge in [-0.3, -0.25) is 9.36 Å². The Hall–Kier alpha value is -2.09. The van der Waals surface area contributed by atoms with E-state index in [4.69, 9.17) is 11.6 Å². The lowest BCUT2D eigenvalue weighted by Gasteiger charge is -2.08. The highest BCUT2D eigenvalue weighted by Gasteiger charge is 2.15. The molecule has 1 heterocycles.